The van der Waals surface area contributed by atoms with E-state index >= 15 is 0 Å². The average molecular weight is 184 g/mol. The molecule has 2 aromatic rings. The Labute approximate surface area is 83.6 Å². The molecule has 0 atom stereocenters. The van der Waals surface area contributed by atoms with Crippen LogP contribution in [0.15, 0.2) is 48.5 Å². The fraction of sp³-hybridized carbons (Fsp3) is 0.0769. The van der Waals surface area contributed by atoms with E-state index < -0.39 is 0 Å². The fourth-order valence-corrected chi connectivity index (χ4v) is 1.53. The summed E-state index contributed by atoms with van der Waals surface area (Å²) >= 11 is 0. The van der Waals surface area contributed by atoms with Crippen LogP contribution in [0.4, 0.5) is 0 Å². The maximum atomic E-state index is 9.65. The number of aryl methyl sites for hydroxylation is 1. The zero-order valence-corrected chi connectivity index (χ0v) is 8.07. The first kappa shape index (κ1) is 8.82. The Kier molecular flexibility index (Phi) is 2.23. The van der Waals surface area contributed by atoms with Gasteiger partial charge in [-0.25, -0.2) is 0 Å². The summed E-state index contributed by atoms with van der Waals surface area (Å²) in [7, 11) is 0. The van der Waals surface area contributed by atoms with E-state index in [1.54, 1.807) is 6.07 Å². The monoisotopic (exact) mass is 184 g/mol. The molecule has 2 rings (SSSR count). The minimum absolute atomic E-state index is 0.332. The van der Waals surface area contributed by atoms with E-state index in [-0.39, 0.29) is 0 Å². The van der Waals surface area contributed by atoms with Gasteiger partial charge in [-0.15, -0.1) is 0 Å². The van der Waals surface area contributed by atoms with E-state index in [2.05, 4.69) is 6.07 Å². The summed E-state index contributed by atoms with van der Waals surface area (Å²) in [5.74, 6) is 0.332. The van der Waals surface area contributed by atoms with Crippen LogP contribution in [0.2, 0.25) is 0 Å². The van der Waals surface area contributed by atoms with Gasteiger partial charge in [0.15, 0.2) is 0 Å². The van der Waals surface area contributed by atoms with Crippen molar-refractivity contribution < 1.29 is 5.11 Å². The Bertz CT molecular complexity index is 446. The maximum absolute atomic E-state index is 9.65. The normalized spacial score (nSPS) is 10.1. The fourth-order valence-electron chi connectivity index (χ4n) is 1.53. The smallest absolute Gasteiger partial charge is 0.123 e. The quantitative estimate of drug-likeness (QED) is 0.720. The first-order chi connectivity index (χ1) is 6.77. The lowest BCUT2D eigenvalue weighted by Crippen LogP contribution is -1.79. The predicted molar refractivity (Wildman–Crippen MR) is 58.3 cm³/mol. The highest BCUT2D eigenvalue weighted by Crippen LogP contribution is 2.28. The van der Waals surface area contributed by atoms with Gasteiger partial charge in [-0.1, -0.05) is 48.0 Å². The summed E-state index contributed by atoms with van der Waals surface area (Å²) in [4.78, 5) is 0. The van der Waals surface area contributed by atoms with Gasteiger partial charge in [0.1, 0.15) is 5.75 Å². The molecule has 1 N–H and O–H groups in total. The number of aromatic hydroxyl groups is 1. The summed E-state index contributed by atoms with van der Waals surface area (Å²) in [6.45, 7) is 2.05. The number of hydrogen-bond acceptors (Lipinski definition) is 1. The molecule has 0 fully saturated rings. The number of para-hydroxylation sites is 1. The van der Waals surface area contributed by atoms with Crippen LogP contribution in [0.5, 0.6) is 5.75 Å². The van der Waals surface area contributed by atoms with Gasteiger partial charge in [0, 0.05) is 5.56 Å². The molecular formula is C13H12O. The van der Waals surface area contributed by atoms with Crippen molar-refractivity contribution in [3.63, 3.8) is 0 Å². The predicted octanol–water partition coefficient (Wildman–Crippen LogP) is 3.37. The van der Waals surface area contributed by atoms with Gasteiger partial charge in [-0.05, 0) is 18.6 Å². The van der Waals surface area contributed by atoms with Crippen molar-refractivity contribution >= 4 is 0 Å². The molecule has 0 aromatic heterocycles. The van der Waals surface area contributed by atoms with Gasteiger partial charge in [-0.3, -0.25) is 0 Å². The second-order valence-electron chi connectivity index (χ2n) is 3.39. The molecule has 14 heavy (non-hydrogen) atoms. The van der Waals surface area contributed by atoms with E-state index in [1.807, 2.05) is 43.3 Å². The lowest BCUT2D eigenvalue weighted by Gasteiger charge is -2.04. The second-order valence-corrected chi connectivity index (χ2v) is 3.39. The number of phenolic OH excluding ortho intramolecular Hbond substituents is 1. The molecule has 0 aliphatic heterocycles. The molecule has 0 spiro atoms. The topological polar surface area (TPSA) is 20.2 Å². The third-order valence-electron chi connectivity index (χ3n) is 2.23. The highest BCUT2D eigenvalue weighted by Gasteiger charge is 2.01. The van der Waals surface area contributed by atoms with Crippen LogP contribution in [0.25, 0.3) is 11.1 Å². The molecule has 0 saturated carbocycles. The lowest BCUT2D eigenvalue weighted by molar-refractivity contribution is 0.477. The number of hydrogen-bond donors (Lipinski definition) is 1. The van der Waals surface area contributed by atoms with Gasteiger partial charge in [-0.2, -0.15) is 0 Å². The molecule has 0 radical (unpaired) electrons. The van der Waals surface area contributed by atoms with E-state index in [9.17, 15) is 5.11 Å². The molecular weight excluding hydrogens is 172 g/mol. The van der Waals surface area contributed by atoms with E-state index in [4.69, 9.17) is 0 Å². The molecule has 1 heteroatoms. The Hall–Kier alpha value is -1.76. The van der Waals surface area contributed by atoms with Gasteiger partial charge < -0.3 is 5.11 Å². The van der Waals surface area contributed by atoms with Gasteiger partial charge in [0.2, 0.25) is 0 Å². The van der Waals surface area contributed by atoms with Gasteiger partial charge in [0.25, 0.3) is 0 Å². The minimum Gasteiger partial charge on any atom is -0.507 e. The lowest BCUT2D eigenvalue weighted by atomic mass is 10.0. The standard InChI is InChI=1S/C13H12O/c1-10-5-4-6-11(9-10)12-7-2-3-8-13(12)14/h2-9,14H,1H3. The Morgan fingerprint density at radius 2 is 1.71 bits per heavy atom. The van der Waals surface area contributed by atoms with E-state index in [1.165, 1.54) is 5.56 Å². The molecule has 1 nitrogen and oxygen atoms in total. The number of rotatable bonds is 1. The summed E-state index contributed by atoms with van der Waals surface area (Å²) in [5.41, 5.74) is 3.14. The molecule has 2 aromatic carbocycles. The van der Waals surface area contributed by atoms with Crippen LogP contribution in [-0.2, 0) is 0 Å². The first-order valence-electron chi connectivity index (χ1n) is 4.62. The molecule has 0 saturated heterocycles. The van der Waals surface area contributed by atoms with Crippen molar-refractivity contribution in [2.75, 3.05) is 0 Å². The van der Waals surface area contributed by atoms with Crippen molar-refractivity contribution in [3.8, 4) is 16.9 Å². The maximum Gasteiger partial charge on any atom is 0.123 e. The van der Waals surface area contributed by atoms with E-state index in [0.29, 0.717) is 5.75 Å². The number of benzene rings is 2. The summed E-state index contributed by atoms with van der Waals surface area (Å²) in [6, 6.07) is 15.5. The third kappa shape index (κ3) is 1.62. The zero-order valence-electron chi connectivity index (χ0n) is 8.07. The zero-order chi connectivity index (χ0) is 9.97. The van der Waals surface area contributed by atoms with Crippen LogP contribution >= 0.6 is 0 Å². The number of phenols is 1. The molecule has 0 aliphatic rings. The highest BCUT2D eigenvalue weighted by molar-refractivity contribution is 5.70. The van der Waals surface area contributed by atoms with Crippen LogP contribution in [0.1, 0.15) is 5.56 Å². The first-order valence-corrected chi connectivity index (χ1v) is 4.62. The molecule has 0 unspecified atom stereocenters. The molecule has 0 bridgehead atoms. The van der Waals surface area contributed by atoms with Crippen molar-refractivity contribution in [1.29, 1.82) is 0 Å². The SMILES string of the molecule is Cc1cccc(-c2ccccc2O)c1. The van der Waals surface area contributed by atoms with Crippen LogP contribution in [0.3, 0.4) is 0 Å². The second kappa shape index (κ2) is 3.54. The molecule has 0 amide bonds. The summed E-state index contributed by atoms with van der Waals surface area (Å²) in [6.07, 6.45) is 0. The summed E-state index contributed by atoms with van der Waals surface area (Å²) in [5, 5.41) is 9.65. The summed E-state index contributed by atoms with van der Waals surface area (Å²) < 4.78 is 0. The Balaban J connectivity index is 2.55. The molecule has 70 valence electrons. The van der Waals surface area contributed by atoms with Crippen molar-refractivity contribution in [3.05, 3.63) is 54.1 Å². The van der Waals surface area contributed by atoms with Crippen molar-refractivity contribution in [2.45, 2.75) is 6.92 Å². The Morgan fingerprint density at radius 3 is 2.43 bits per heavy atom. The van der Waals surface area contributed by atoms with Crippen LogP contribution in [-0.4, -0.2) is 5.11 Å². The van der Waals surface area contributed by atoms with Crippen LogP contribution in [0, 0.1) is 6.92 Å². The largest absolute Gasteiger partial charge is 0.507 e. The van der Waals surface area contributed by atoms with Crippen molar-refractivity contribution in [2.24, 2.45) is 0 Å². The van der Waals surface area contributed by atoms with Crippen molar-refractivity contribution in [1.82, 2.24) is 0 Å². The van der Waals surface area contributed by atoms with Gasteiger partial charge >= 0.3 is 0 Å². The minimum atomic E-state index is 0.332. The van der Waals surface area contributed by atoms with E-state index in [0.717, 1.165) is 11.1 Å². The van der Waals surface area contributed by atoms with Crippen LogP contribution < -0.4 is 0 Å². The average Bonchev–Trinajstić information content (AvgIpc) is 2.18. The molecule has 0 aliphatic carbocycles. The highest BCUT2D eigenvalue weighted by atomic mass is 16.3. The Morgan fingerprint density at radius 1 is 0.929 bits per heavy atom. The van der Waals surface area contributed by atoms with Gasteiger partial charge in [0.05, 0.1) is 0 Å². The molecule has 0 heterocycles. The third-order valence-corrected chi connectivity index (χ3v) is 2.23.